The van der Waals surface area contributed by atoms with Crippen molar-refractivity contribution in [2.75, 3.05) is 0 Å². The van der Waals surface area contributed by atoms with Crippen molar-refractivity contribution < 1.29 is 5.79 Å². The minimum absolute atomic E-state index is 0.669. The van der Waals surface area contributed by atoms with E-state index in [9.17, 15) is 0 Å². The molecule has 0 saturated carbocycles. The molecule has 0 radical (unpaired) electrons. The highest BCUT2D eigenvalue weighted by atomic mass is 16.3. The largest absolute Gasteiger partial charge is 0.455 e. The minimum Gasteiger partial charge on any atom is -0.455 e. The molecule has 0 aliphatic carbocycles. The topological polar surface area (TPSA) is 26.0 Å². The van der Waals surface area contributed by atoms with Crippen molar-refractivity contribution in [2.45, 2.75) is 19.7 Å². The van der Waals surface area contributed by atoms with Crippen LogP contribution in [0.3, 0.4) is 0 Å². The number of fused-ring (bicyclic) bond motifs is 4. The second-order valence-corrected chi connectivity index (χ2v) is 6.91. The van der Waals surface area contributed by atoms with Crippen molar-refractivity contribution in [2.24, 2.45) is 0 Å². The first-order valence-electron chi connectivity index (χ1n) is 9.32. The van der Waals surface area contributed by atoms with Gasteiger partial charge in [0.15, 0.2) is 0 Å². The van der Waals surface area contributed by atoms with Crippen LogP contribution in [0.5, 0.6) is 0 Å². The van der Waals surface area contributed by atoms with Crippen LogP contribution in [0.25, 0.3) is 44.0 Å². The van der Waals surface area contributed by atoms with Gasteiger partial charge in [0.1, 0.15) is 11.2 Å². The van der Waals surface area contributed by atoms with E-state index in [4.69, 9.17) is 5.79 Å². The number of nitrogens with zero attached hydrogens (tertiary/aromatic N) is 1. The zero-order valence-corrected chi connectivity index (χ0v) is 14.8. The fourth-order valence-corrected chi connectivity index (χ4v) is 3.57. The van der Waals surface area contributed by atoms with Gasteiger partial charge in [-0.2, -0.15) is 0 Å². The van der Waals surface area contributed by atoms with Gasteiger partial charge in [-0.25, -0.2) is 0 Å². The summed E-state index contributed by atoms with van der Waals surface area (Å²) < 4.78 is 14.6. The molecule has 2 nitrogen and oxygen atoms in total. The molecule has 126 valence electrons. The van der Waals surface area contributed by atoms with Crippen molar-refractivity contribution in [3.8, 4) is 11.3 Å². The van der Waals surface area contributed by atoms with Crippen molar-refractivity contribution in [3.05, 3.63) is 78.5 Å². The lowest BCUT2D eigenvalue weighted by Gasteiger charge is -2.07. The summed E-state index contributed by atoms with van der Waals surface area (Å²) in [4.78, 5) is 4.56. The standard InChI is InChI=1S/C24H19NO/c1-15(2)16-10-11-25-22(13-16)20-9-5-8-19-21-12-17-6-3-4-7-18(17)14-23(21)26-24(19)20/h3-15H,1-2H3/i15D. The van der Waals surface area contributed by atoms with Crippen LogP contribution >= 0.6 is 0 Å². The van der Waals surface area contributed by atoms with Crippen LogP contribution in [0.2, 0.25) is 0 Å². The number of furan rings is 1. The molecule has 0 fully saturated rings. The SMILES string of the molecule is [2H]C(C)(C)c1ccnc(-c2cccc3c2oc2cc4ccccc4cc23)c1. The molecule has 0 atom stereocenters. The summed E-state index contributed by atoms with van der Waals surface area (Å²) in [5, 5.41) is 4.57. The number of pyridine rings is 1. The van der Waals surface area contributed by atoms with Crippen LogP contribution < -0.4 is 0 Å². The summed E-state index contributed by atoms with van der Waals surface area (Å²) >= 11 is 0. The molecule has 0 saturated heterocycles. The molecule has 2 heteroatoms. The molecule has 0 bridgehead atoms. The lowest BCUT2D eigenvalue weighted by Crippen LogP contribution is -1.90. The monoisotopic (exact) mass is 338 g/mol. The first-order chi connectivity index (χ1) is 13.0. The summed E-state index contributed by atoms with van der Waals surface area (Å²) in [5.41, 5.74) is 4.45. The highest BCUT2D eigenvalue weighted by Gasteiger charge is 2.14. The van der Waals surface area contributed by atoms with E-state index in [-0.39, 0.29) is 0 Å². The molecule has 0 aliphatic heterocycles. The van der Waals surface area contributed by atoms with Gasteiger partial charge < -0.3 is 4.42 Å². The van der Waals surface area contributed by atoms with E-state index in [1.807, 2.05) is 44.2 Å². The average molecular weight is 338 g/mol. The highest BCUT2D eigenvalue weighted by Crippen LogP contribution is 2.37. The summed E-state index contributed by atoms with van der Waals surface area (Å²) in [7, 11) is 0. The van der Waals surface area contributed by atoms with Crippen LogP contribution in [0.15, 0.2) is 77.3 Å². The molecule has 0 N–H and O–H groups in total. The van der Waals surface area contributed by atoms with E-state index in [1.54, 1.807) is 6.20 Å². The fraction of sp³-hybridized carbons (Fsp3) is 0.125. The first-order valence-corrected chi connectivity index (χ1v) is 8.82. The minimum atomic E-state index is -0.669. The molecular formula is C24H19NO. The molecule has 2 aromatic heterocycles. The van der Waals surface area contributed by atoms with Gasteiger partial charge in [-0.3, -0.25) is 4.98 Å². The molecule has 0 unspecified atom stereocenters. The number of aromatic nitrogens is 1. The molecule has 0 aliphatic rings. The second kappa shape index (κ2) is 5.70. The molecule has 5 aromatic rings. The first kappa shape index (κ1) is 14.1. The van der Waals surface area contributed by atoms with Gasteiger partial charge in [-0.15, -0.1) is 0 Å². The third kappa shape index (κ3) is 2.30. The van der Waals surface area contributed by atoms with Crippen molar-refractivity contribution in [3.63, 3.8) is 0 Å². The molecule has 2 heterocycles. The summed E-state index contributed by atoms with van der Waals surface area (Å²) in [5.74, 6) is -0.669. The number of hydrogen-bond acceptors (Lipinski definition) is 2. The summed E-state index contributed by atoms with van der Waals surface area (Å²) in [6.45, 7) is 3.78. The Kier molecular flexibility index (Phi) is 3.09. The van der Waals surface area contributed by atoms with Crippen LogP contribution in [0.4, 0.5) is 0 Å². The Hall–Kier alpha value is -3.13. The van der Waals surface area contributed by atoms with Gasteiger partial charge in [-0.1, -0.05) is 50.2 Å². The van der Waals surface area contributed by atoms with Gasteiger partial charge in [-0.05, 0) is 52.6 Å². The van der Waals surface area contributed by atoms with Crippen molar-refractivity contribution in [1.29, 1.82) is 0 Å². The zero-order valence-electron chi connectivity index (χ0n) is 15.8. The number of benzene rings is 3. The molecular weight excluding hydrogens is 318 g/mol. The second-order valence-electron chi connectivity index (χ2n) is 6.91. The lowest BCUT2D eigenvalue weighted by molar-refractivity contribution is 0.670. The summed E-state index contributed by atoms with van der Waals surface area (Å²) in [6, 6.07) is 22.7. The predicted molar refractivity (Wildman–Crippen MR) is 109 cm³/mol. The van der Waals surface area contributed by atoms with Gasteiger partial charge in [0, 0.05) is 23.9 Å². The Morgan fingerprint density at radius 1 is 0.885 bits per heavy atom. The van der Waals surface area contributed by atoms with Gasteiger partial charge in [0.2, 0.25) is 0 Å². The maximum absolute atomic E-state index is 8.31. The smallest absolute Gasteiger partial charge is 0.144 e. The van der Waals surface area contributed by atoms with Gasteiger partial charge >= 0.3 is 0 Å². The van der Waals surface area contributed by atoms with E-state index < -0.39 is 5.89 Å². The van der Waals surface area contributed by atoms with Crippen LogP contribution in [0.1, 0.15) is 26.7 Å². The molecule has 3 aromatic carbocycles. The van der Waals surface area contributed by atoms with E-state index >= 15 is 0 Å². The van der Waals surface area contributed by atoms with E-state index in [0.29, 0.717) is 0 Å². The maximum atomic E-state index is 8.31. The Balaban J connectivity index is 1.80. The quantitative estimate of drug-likeness (QED) is 0.349. The van der Waals surface area contributed by atoms with E-state index in [1.165, 1.54) is 10.8 Å². The van der Waals surface area contributed by atoms with E-state index in [2.05, 4.69) is 41.4 Å². The Bertz CT molecular complexity index is 1310. The lowest BCUT2D eigenvalue weighted by atomic mass is 10.00. The summed E-state index contributed by atoms with van der Waals surface area (Å²) in [6.07, 6.45) is 1.77. The maximum Gasteiger partial charge on any atom is 0.144 e. The zero-order chi connectivity index (χ0) is 18.6. The number of para-hydroxylation sites is 1. The molecule has 0 amide bonds. The average Bonchev–Trinajstić information content (AvgIpc) is 3.03. The highest BCUT2D eigenvalue weighted by molar-refractivity contribution is 6.13. The van der Waals surface area contributed by atoms with Crippen LogP contribution in [0, 0.1) is 0 Å². The van der Waals surface area contributed by atoms with Crippen molar-refractivity contribution >= 4 is 32.7 Å². The Labute approximate surface area is 153 Å². The molecule has 0 spiro atoms. The molecule has 5 rings (SSSR count). The predicted octanol–water partition coefficient (Wildman–Crippen LogP) is 6.92. The van der Waals surface area contributed by atoms with Crippen LogP contribution in [-0.4, -0.2) is 4.98 Å². The number of hydrogen-bond donors (Lipinski definition) is 0. The normalized spacial score (nSPS) is 12.8. The van der Waals surface area contributed by atoms with Gasteiger partial charge in [0.05, 0.1) is 5.69 Å². The van der Waals surface area contributed by atoms with E-state index in [0.717, 1.165) is 38.8 Å². The Morgan fingerprint density at radius 2 is 1.69 bits per heavy atom. The van der Waals surface area contributed by atoms with Gasteiger partial charge in [0.25, 0.3) is 0 Å². The third-order valence-corrected chi connectivity index (χ3v) is 4.98. The fourth-order valence-electron chi connectivity index (χ4n) is 3.57. The molecule has 26 heavy (non-hydrogen) atoms. The van der Waals surface area contributed by atoms with Crippen molar-refractivity contribution in [1.82, 2.24) is 4.98 Å². The third-order valence-electron chi connectivity index (χ3n) is 4.98. The van der Waals surface area contributed by atoms with Crippen LogP contribution in [-0.2, 0) is 0 Å². The Morgan fingerprint density at radius 3 is 2.50 bits per heavy atom. The number of rotatable bonds is 2.